The summed E-state index contributed by atoms with van der Waals surface area (Å²) in [5, 5.41) is 0. The highest BCUT2D eigenvalue weighted by molar-refractivity contribution is 5.85. The van der Waals surface area contributed by atoms with E-state index in [9.17, 15) is 0 Å². The van der Waals surface area contributed by atoms with Crippen LogP contribution in [0, 0.1) is 0 Å². The van der Waals surface area contributed by atoms with Crippen LogP contribution in [0.25, 0.3) is 0 Å². The van der Waals surface area contributed by atoms with Crippen molar-refractivity contribution < 1.29 is 4.74 Å². The molecule has 0 aromatic heterocycles. The van der Waals surface area contributed by atoms with E-state index in [4.69, 9.17) is 10.5 Å². The Hall–Kier alpha value is -0.570. The molecule has 3 heteroatoms. The molecule has 1 aromatic carbocycles. The van der Waals surface area contributed by atoms with E-state index in [1.807, 2.05) is 25.1 Å². The molecule has 1 rings (SSSR count). The average Bonchev–Trinajstić information content (AvgIpc) is 2.06. The lowest BCUT2D eigenvalue weighted by atomic mass is 10.1. The SMILES string of the molecule is C[C@@H](Cc1ccccc1)OCN.Cl. The molecular weight excluding hydrogens is 186 g/mol. The number of nitrogens with two attached hydrogens (primary N) is 1. The van der Waals surface area contributed by atoms with E-state index >= 15 is 0 Å². The minimum Gasteiger partial charge on any atom is -0.363 e. The number of rotatable bonds is 4. The summed E-state index contributed by atoms with van der Waals surface area (Å²) in [6.45, 7) is 2.33. The molecule has 0 heterocycles. The fourth-order valence-electron chi connectivity index (χ4n) is 1.17. The van der Waals surface area contributed by atoms with Gasteiger partial charge in [-0.3, -0.25) is 0 Å². The minimum atomic E-state index is 0. The largest absolute Gasteiger partial charge is 0.363 e. The first-order chi connectivity index (χ1) is 5.83. The smallest absolute Gasteiger partial charge is 0.0944 e. The first-order valence-electron chi connectivity index (χ1n) is 4.18. The summed E-state index contributed by atoms with van der Waals surface area (Å²) in [7, 11) is 0. The Kier molecular flexibility index (Phi) is 6.59. The molecule has 0 aliphatic carbocycles. The van der Waals surface area contributed by atoms with Crippen molar-refractivity contribution in [3.8, 4) is 0 Å². The zero-order valence-corrected chi connectivity index (χ0v) is 8.59. The molecule has 2 nitrogen and oxygen atoms in total. The summed E-state index contributed by atoms with van der Waals surface area (Å²) in [5.74, 6) is 0. The highest BCUT2D eigenvalue weighted by Crippen LogP contribution is 2.04. The predicted octanol–water partition coefficient (Wildman–Crippen LogP) is 1.97. The van der Waals surface area contributed by atoms with Crippen molar-refractivity contribution in [3.05, 3.63) is 35.9 Å². The van der Waals surface area contributed by atoms with E-state index in [0.29, 0.717) is 6.73 Å². The van der Waals surface area contributed by atoms with Crippen LogP contribution in [0.4, 0.5) is 0 Å². The van der Waals surface area contributed by atoms with Crippen LogP contribution in [-0.2, 0) is 11.2 Å². The monoisotopic (exact) mass is 201 g/mol. The van der Waals surface area contributed by atoms with Crippen LogP contribution in [0.2, 0.25) is 0 Å². The van der Waals surface area contributed by atoms with Crippen molar-refractivity contribution in [2.75, 3.05) is 6.73 Å². The molecule has 0 saturated carbocycles. The van der Waals surface area contributed by atoms with Crippen LogP contribution in [0.3, 0.4) is 0 Å². The summed E-state index contributed by atoms with van der Waals surface area (Å²) >= 11 is 0. The van der Waals surface area contributed by atoms with Crippen LogP contribution >= 0.6 is 12.4 Å². The van der Waals surface area contributed by atoms with Crippen LogP contribution in [0.1, 0.15) is 12.5 Å². The zero-order valence-electron chi connectivity index (χ0n) is 7.77. The number of benzene rings is 1. The lowest BCUT2D eigenvalue weighted by Crippen LogP contribution is -2.16. The zero-order chi connectivity index (χ0) is 8.81. The van der Waals surface area contributed by atoms with E-state index in [1.165, 1.54) is 5.56 Å². The molecule has 0 aliphatic rings. The second-order valence-electron chi connectivity index (χ2n) is 2.83. The summed E-state index contributed by atoms with van der Waals surface area (Å²) in [5.41, 5.74) is 6.55. The predicted molar refractivity (Wildman–Crippen MR) is 57.0 cm³/mol. The fourth-order valence-corrected chi connectivity index (χ4v) is 1.17. The Bertz CT molecular complexity index is 215. The van der Waals surface area contributed by atoms with E-state index in [0.717, 1.165) is 6.42 Å². The van der Waals surface area contributed by atoms with Crippen molar-refractivity contribution in [1.29, 1.82) is 0 Å². The summed E-state index contributed by atoms with van der Waals surface area (Å²) in [6.07, 6.45) is 1.13. The van der Waals surface area contributed by atoms with Crippen LogP contribution < -0.4 is 5.73 Å². The van der Waals surface area contributed by atoms with Crippen molar-refractivity contribution in [2.45, 2.75) is 19.4 Å². The number of hydrogen-bond acceptors (Lipinski definition) is 2. The molecular formula is C10H16ClNO. The quantitative estimate of drug-likeness (QED) is 0.757. The second-order valence-corrected chi connectivity index (χ2v) is 2.83. The Morgan fingerprint density at radius 1 is 1.31 bits per heavy atom. The Labute approximate surface area is 85.5 Å². The highest BCUT2D eigenvalue weighted by Gasteiger charge is 2.01. The molecule has 0 amide bonds. The molecule has 74 valence electrons. The van der Waals surface area contributed by atoms with Gasteiger partial charge in [-0.1, -0.05) is 30.3 Å². The Balaban J connectivity index is 0.00000144. The molecule has 0 bridgehead atoms. The number of hydrogen-bond donors (Lipinski definition) is 1. The van der Waals surface area contributed by atoms with Gasteiger partial charge in [0, 0.05) is 0 Å². The van der Waals surface area contributed by atoms with Gasteiger partial charge in [0.05, 0.1) is 12.8 Å². The van der Waals surface area contributed by atoms with Gasteiger partial charge in [0.25, 0.3) is 0 Å². The van der Waals surface area contributed by atoms with Gasteiger partial charge < -0.3 is 10.5 Å². The van der Waals surface area contributed by atoms with Crippen molar-refractivity contribution in [1.82, 2.24) is 0 Å². The average molecular weight is 202 g/mol. The van der Waals surface area contributed by atoms with Crippen molar-refractivity contribution >= 4 is 12.4 Å². The van der Waals surface area contributed by atoms with E-state index in [-0.39, 0.29) is 18.5 Å². The number of ether oxygens (including phenoxy) is 1. The van der Waals surface area contributed by atoms with Gasteiger partial charge in [-0.2, -0.15) is 0 Å². The molecule has 0 aliphatic heterocycles. The molecule has 2 N–H and O–H groups in total. The molecule has 1 aromatic rings. The van der Waals surface area contributed by atoms with Gasteiger partial charge in [0.1, 0.15) is 0 Å². The van der Waals surface area contributed by atoms with Gasteiger partial charge in [-0.25, -0.2) is 0 Å². The third kappa shape index (κ3) is 4.88. The fraction of sp³-hybridized carbons (Fsp3) is 0.400. The van der Waals surface area contributed by atoms with Crippen LogP contribution in [0.5, 0.6) is 0 Å². The second kappa shape index (κ2) is 6.89. The molecule has 1 atom stereocenters. The first kappa shape index (κ1) is 12.4. The first-order valence-corrected chi connectivity index (χ1v) is 4.18. The molecule has 0 spiro atoms. The third-order valence-electron chi connectivity index (χ3n) is 1.75. The van der Waals surface area contributed by atoms with E-state index < -0.39 is 0 Å². The van der Waals surface area contributed by atoms with E-state index in [1.54, 1.807) is 0 Å². The normalized spacial score (nSPS) is 11.8. The topological polar surface area (TPSA) is 35.2 Å². The maximum absolute atomic E-state index is 5.26. The third-order valence-corrected chi connectivity index (χ3v) is 1.75. The summed E-state index contributed by atoms with van der Waals surface area (Å²) < 4.78 is 5.22. The van der Waals surface area contributed by atoms with Gasteiger partial charge in [-0.15, -0.1) is 12.4 Å². The molecule has 0 fully saturated rings. The van der Waals surface area contributed by atoms with Gasteiger partial charge >= 0.3 is 0 Å². The van der Waals surface area contributed by atoms with Gasteiger partial charge in [0.2, 0.25) is 0 Å². The molecule has 0 saturated heterocycles. The van der Waals surface area contributed by atoms with Crippen molar-refractivity contribution in [3.63, 3.8) is 0 Å². The lowest BCUT2D eigenvalue weighted by Gasteiger charge is -2.10. The van der Waals surface area contributed by atoms with Crippen molar-refractivity contribution in [2.24, 2.45) is 5.73 Å². The highest BCUT2D eigenvalue weighted by atomic mass is 35.5. The molecule has 13 heavy (non-hydrogen) atoms. The number of halogens is 1. The van der Waals surface area contributed by atoms with Crippen LogP contribution in [-0.4, -0.2) is 12.8 Å². The van der Waals surface area contributed by atoms with Crippen LogP contribution in [0.15, 0.2) is 30.3 Å². The maximum atomic E-state index is 5.26. The lowest BCUT2D eigenvalue weighted by molar-refractivity contribution is 0.0715. The van der Waals surface area contributed by atoms with Gasteiger partial charge in [0.15, 0.2) is 0 Å². The summed E-state index contributed by atoms with van der Waals surface area (Å²) in [6, 6.07) is 10.3. The summed E-state index contributed by atoms with van der Waals surface area (Å²) in [4.78, 5) is 0. The minimum absolute atomic E-state index is 0. The van der Waals surface area contributed by atoms with Gasteiger partial charge in [-0.05, 0) is 18.9 Å². The Morgan fingerprint density at radius 2 is 1.92 bits per heavy atom. The Morgan fingerprint density at radius 3 is 2.46 bits per heavy atom. The maximum Gasteiger partial charge on any atom is 0.0944 e. The standard InChI is InChI=1S/C10H15NO.ClH/c1-9(12-8-11)7-10-5-3-2-4-6-10;/h2-6,9H,7-8,11H2,1H3;1H/t9-;/m0./s1. The molecule has 0 unspecified atom stereocenters. The van der Waals surface area contributed by atoms with E-state index in [2.05, 4.69) is 12.1 Å². The molecule has 0 radical (unpaired) electrons.